The van der Waals surface area contributed by atoms with Crippen LogP contribution < -0.4 is 0 Å². The highest BCUT2D eigenvalue weighted by Crippen LogP contribution is 2.30. The van der Waals surface area contributed by atoms with Crippen molar-refractivity contribution in [2.24, 2.45) is 0 Å². The maximum atomic E-state index is 12.4. The molecule has 2 aromatic rings. The van der Waals surface area contributed by atoms with Crippen LogP contribution in [0.2, 0.25) is 15.1 Å². The molecule has 0 aliphatic carbocycles. The molecule has 1 amide bonds. The van der Waals surface area contributed by atoms with E-state index in [1.807, 2.05) is 45.3 Å². The van der Waals surface area contributed by atoms with Crippen molar-refractivity contribution in [3.8, 4) is 0 Å². The van der Waals surface area contributed by atoms with Crippen LogP contribution in [0.3, 0.4) is 0 Å². The number of amides is 1. The number of likely N-dealkylation sites (N-methyl/N-ethyl adjacent to an activating group) is 2. The number of rotatable bonds is 5. The van der Waals surface area contributed by atoms with Gasteiger partial charge in [-0.1, -0.05) is 53.0 Å². The van der Waals surface area contributed by atoms with Crippen molar-refractivity contribution < 1.29 is 9.59 Å². The van der Waals surface area contributed by atoms with E-state index < -0.39 is 0 Å². The van der Waals surface area contributed by atoms with Crippen molar-refractivity contribution >= 4 is 47.0 Å². The minimum absolute atomic E-state index is 0.186. The van der Waals surface area contributed by atoms with Gasteiger partial charge in [0.25, 0.3) is 0 Å². The first kappa shape index (κ1) is 23.7. The van der Waals surface area contributed by atoms with Crippen molar-refractivity contribution in [1.29, 1.82) is 0 Å². The molecule has 29 heavy (non-hydrogen) atoms. The maximum Gasteiger partial charge on any atom is 0.242 e. The molecule has 0 spiro atoms. The van der Waals surface area contributed by atoms with Crippen LogP contribution in [0.25, 0.3) is 0 Å². The summed E-state index contributed by atoms with van der Waals surface area (Å²) in [7, 11) is 3.85. The van der Waals surface area contributed by atoms with E-state index >= 15 is 0 Å². The summed E-state index contributed by atoms with van der Waals surface area (Å²) in [4.78, 5) is 26.4. The van der Waals surface area contributed by atoms with Crippen molar-refractivity contribution in [1.82, 2.24) is 9.80 Å². The van der Waals surface area contributed by atoms with E-state index in [0.717, 1.165) is 35.4 Å². The van der Waals surface area contributed by atoms with Gasteiger partial charge >= 0.3 is 0 Å². The first-order valence-corrected chi connectivity index (χ1v) is 10.4. The molecule has 1 saturated heterocycles. The molecule has 0 radical (unpaired) electrons. The lowest BCUT2D eigenvalue weighted by Gasteiger charge is -2.48. The molecular formula is C22H25Cl3N2O2. The van der Waals surface area contributed by atoms with Gasteiger partial charge in [-0.3, -0.25) is 9.69 Å². The Labute approximate surface area is 187 Å². The number of nitrogens with zero attached hydrogens (tertiary/aromatic N) is 2. The zero-order valence-corrected chi connectivity index (χ0v) is 19.1. The molecular weight excluding hydrogens is 431 g/mol. The van der Waals surface area contributed by atoms with Gasteiger partial charge in [0.15, 0.2) is 0 Å². The van der Waals surface area contributed by atoms with E-state index in [2.05, 4.69) is 4.90 Å². The number of hydrogen-bond donors (Lipinski definition) is 0. The molecule has 1 atom stereocenters. The van der Waals surface area contributed by atoms with E-state index in [9.17, 15) is 9.59 Å². The van der Waals surface area contributed by atoms with Crippen LogP contribution in [0, 0.1) is 0 Å². The second-order valence-electron chi connectivity index (χ2n) is 7.35. The minimum atomic E-state index is -0.318. The first-order valence-electron chi connectivity index (χ1n) is 9.26. The zero-order chi connectivity index (χ0) is 21.6. The molecule has 1 unspecified atom stereocenters. The number of halogens is 3. The highest BCUT2D eigenvalue weighted by Gasteiger charge is 2.45. The van der Waals surface area contributed by atoms with Crippen molar-refractivity contribution in [3.63, 3.8) is 0 Å². The molecule has 0 N–H and O–H groups in total. The van der Waals surface area contributed by atoms with Gasteiger partial charge in [-0.15, -0.1) is 0 Å². The molecule has 1 aliphatic heterocycles. The number of carbonyl (C=O) groups is 2. The summed E-state index contributed by atoms with van der Waals surface area (Å²) >= 11 is 17.2. The van der Waals surface area contributed by atoms with Gasteiger partial charge in [0.2, 0.25) is 5.91 Å². The van der Waals surface area contributed by atoms with Crippen LogP contribution in [-0.4, -0.2) is 48.2 Å². The number of likely N-dealkylation sites (tertiary alicyclic amines) is 1. The lowest BCUT2D eigenvalue weighted by Crippen LogP contribution is -2.64. The smallest absolute Gasteiger partial charge is 0.242 e. The van der Waals surface area contributed by atoms with Gasteiger partial charge in [-0.2, -0.15) is 0 Å². The van der Waals surface area contributed by atoms with Crippen LogP contribution in [-0.2, 0) is 22.6 Å². The van der Waals surface area contributed by atoms with E-state index in [1.54, 1.807) is 23.1 Å². The second-order valence-corrected chi connectivity index (χ2v) is 8.60. The van der Waals surface area contributed by atoms with E-state index in [4.69, 9.17) is 34.8 Å². The fourth-order valence-electron chi connectivity index (χ4n) is 3.05. The molecule has 3 rings (SSSR count). The molecule has 4 nitrogen and oxygen atoms in total. The Bertz CT molecular complexity index is 858. The average molecular weight is 456 g/mol. The molecule has 0 saturated carbocycles. The van der Waals surface area contributed by atoms with E-state index in [-0.39, 0.29) is 11.4 Å². The van der Waals surface area contributed by atoms with Crippen LogP contribution in [0.5, 0.6) is 0 Å². The standard InChI is InChI=1S/C14H19ClN2O.C8H6Cl2O/c1-14(8-9-17(14)3)13(18)16(2)10-11-4-6-12(15)7-5-11;9-7-2-1-6(3-4-11)5-8(7)10/h4-7H,8-10H2,1-3H3;1-2,4-5H,3H2. The Morgan fingerprint density at radius 2 is 1.72 bits per heavy atom. The first-order chi connectivity index (χ1) is 13.7. The maximum absolute atomic E-state index is 12.4. The third-order valence-corrected chi connectivity index (χ3v) is 6.21. The third kappa shape index (κ3) is 6.19. The monoisotopic (exact) mass is 454 g/mol. The summed E-state index contributed by atoms with van der Waals surface area (Å²) in [6.07, 6.45) is 2.16. The summed E-state index contributed by atoms with van der Waals surface area (Å²) < 4.78 is 0. The highest BCUT2D eigenvalue weighted by atomic mass is 35.5. The third-order valence-electron chi connectivity index (χ3n) is 5.22. The topological polar surface area (TPSA) is 40.6 Å². The van der Waals surface area contributed by atoms with Gasteiger partial charge in [-0.05, 0) is 55.8 Å². The van der Waals surface area contributed by atoms with Crippen LogP contribution in [0.4, 0.5) is 0 Å². The Morgan fingerprint density at radius 1 is 1.10 bits per heavy atom. The lowest BCUT2D eigenvalue weighted by molar-refractivity contribution is -0.149. The predicted octanol–water partition coefficient (Wildman–Crippen LogP) is 5.13. The SMILES string of the molecule is CN(Cc1ccc(Cl)cc1)C(=O)C1(C)CCN1C.O=CCc1ccc(Cl)c(Cl)c1. The summed E-state index contributed by atoms with van der Waals surface area (Å²) in [5.41, 5.74) is 1.66. The zero-order valence-electron chi connectivity index (χ0n) is 16.8. The number of benzene rings is 2. The molecule has 0 bridgehead atoms. The molecule has 7 heteroatoms. The Morgan fingerprint density at radius 3 is 2.21 bits per heavy atom. The fourth-order valence-corrected chi connectivity index (χ4v) is 3.50. The molecule has 1 aliphatic rings. The molecule has 1 heterocycles. The van der Waals surface area contributed by atoms with Crippen molar-refractivity contribution in [3.05, 3.63) is 68.7 Å². The Hall–Kier alpha value is -1.59. The van der Waals surface area contributed by atoms with Crippen molar-refractivity contribution in [2.75, 3.05) is 20.6 Å². The largest absolute Gasteiger partial charge is 0.340 e. The molecule has 2 aromatic carbocycles. The molecule has 0 aromatic heterocycles. The summed E-state index contributed by atoms with van der Waals surface area (Å²) in [5, 5.41) is 1.73. The summed E-state index contributed by atoms with van der Waals surface area (Å²) in [5.74, 6) is 0.186. The number of aldehydes is 1. The lowest BCUT2D eigenvalue weighted by atomic mass is 9.86. The Kier molecular flexibility index (Phi) is 8.53. The highest BCUT2D eigenvalue weighted by molar-refractivity contribution is 6.42. The fraction of sp³-hybridized carbons (Fsp3) is 0.364. The van der Waals surface area contributed by atoms with Gasteiger partial charge < -0.3 is 9.69 Å². The summed E-state index contributed by atoms with van der Waals surface area (Å²) in [6.45, 7) is 3.63. The summed E-state index contributed by atoms with van der Waals surface area (Å²) in [6, 6.07) is 12.8. The van der Waals surface area contributed by atoms with Crippen molar-refractivity contribution in [2.45, 2.75) is 31.8 Å². The van der Waals surface area contributed by atoms with E-state index in [0.29, 0.717) is 23.0 Å². The number of carbonyl (C=O) groups excluding carboxylic acids is 2. The molecule has 1 fully saturated rings. The van der Waals surface area contributed by atoms with Crippen LogP contribution in [0.15, 0.2) is 42.5 Å². The van der Waals surface area contributed by atoms with E-state index in [1.165, 1.54) is 0 Å². The quantitative estimate of drug-likeness (QED) is 0.587. The van der Waals surface area contributed by atoms with Gasteiger partial charge in [-0.25, -0.2) is 0 Å². The van der Waals surface area contributed by atoms with Crippen LogP contribution in [0.1, 0.15) is 24.5 Å². The van der Waals surface area contributed by atoms with Gasteiger partial charge in [0, 0.05) is 31.6 Å². The Balaban J connectivity index is 0.000000234. The predicted molar refractivity (Wildman–Crippen MR) is 120 cm³/mol. The van der Waals surface area contributed by atoms with Gasteiger partial charge in [0.1, 0.15) is 6.29 Å². The van der Waals surface area contributed by atoms with Crippen LogP contribution >= 0.6 is 34.8 Å². The second kappa shape index (κ2) is 10.4. The number of hydrogen-bond acceptors (Lipinski definition) is 3. The average Bonchev–Trinajstić information content (AvgIpc) is 2.70. The normalized spacial score (nSPS) is 18.3. The molecule has 156 valence electrons. The minimum Gasteiger partial charge on any atom is -0.340 e. The van der Waals surface area contributed by atoms with Gasteiger partial charge in [0.05, 0.1) is 15.6 Å².